The van der Waals surface area contributed by atoms with Crippen molar-refractivity contribution in [2.75, 3.05) is 4.90 Å². The highest BCUT2D eigenvalue weighted by molar-refractivity contribution is 7.99. The predicted molar refractivity (Wildman–Crippen MR) is 151 cm³/mol. The van der Waals surface area contributed by atoms with Gasteiger partial charge in [0, 0.05) is 15.5 Å². The Balaban J connectivity index is 1.33. The summed E-state index contributed by atoms with van der Waals surface area (Å²) in [4.78, 5) is 4.51. The van der Waals surface area contributed by atoms with E-state index >= 15 is 0 Å². The number of hydrogen-bond donors (Lipinski definition) is 0. The fourth-order valence-corrected chi connectivity index (χ4v) is 6.20. The van der Waals surface area contributed by atoms with E-state index in [9.17, 15) is 26.3 Å². The van der Waals surface area contributed by atoms with Crippen molar-refractivity contribution in [1.29, 1.82) is 0 Å². The summed E-state index contributed by atoms with van der Waals surface area (Å²) < 4.78 is 80.1. The van der Waals surface area contributed by atoms with Crippen LogP contribution in [0.4, 0.5) is 43.4 Å². The van der Waals surface area contributed by atoms with Gasteiger partial charge >= 0.3 is 12.4 Å². The van der Waals surface area contributed by atoms with Crippen LogP contribution in [-0.2, 0) is 12.4 Å². The number of alkyl halides is 6. The second-order valence-corrected chi connectivity index (χ2v) is 10.8. The van der Waals surface area contributed by atoms with Crippen LogP contribution in [0.3, 0.4) is 0 Å². The van der Waals surface area contributed by atoms with Crippen molar-refractivity contribution < 1.29 is 26.3 Å². The first-order chi connectivity index (χ1) is 19.5. The molecule has 0 fully saturated rings. The topological polar surface area (TPSA) is 3.24 Å². The lowest BCUT2D eigenvalue weighted by Gasteiger charge is -2.32. The average Bonchev–Trinajstić information content (AvgIpc) is 2.95. The molecule has 5 aromatic rings. The lowest BCUT2D eigenvalue weighted by Crippen LogP contribution is -2.16. The van der Waals surface area contributed by atoms with E-state index in [1.54, 1.807) is 30.8 Å². The summed E-state index contributed by atoms with van der Waals surface area (Å²) in [5.74, 6) is 0. The zero-order chi connectivity index (χ0) is 28.9. The van der Waals surface area contributed by atoms with Crippen molar-refractivity contribution in [3.8, 4) is 22.3 Å². The molecule has 6 rings (SSSR count). The minimum absolute atomic E-state index is 0.0741. The van der Waals surface area contributed by atoms with Crippen LogP contribution in [0.25, 0.3) is 22.3 Å². The molecule has 0 aliphatic carbocycles. The lowest BCUT2D eigenvalue weighted by molar-refractivity contribution is -0.162. The molecule has 1 aliphatic heterocycles. The molecule has 0 spiro atoms. The third-order valence-corrected chi connectivity index (χ3v) is 8.19. The van der Waals surface area contributed by atoms with Crippen LogP contribution < -0.4 is 4.90 Å². The van der Waals surface area contributed by atoms with Gasteiger partial charge in [-0.25, -0.2) is 0 Å². The van der Waals surface area contributed by atoms with Crippen LogP contribution in [0.15, 0.2) is 119 Å². The number of rotatable bonds is 3. The number of fused-ring (bicyclic) bond motifs is 2. The largest absolute Gasteiger partial charge is 0.417 e. The van der Waals surface area contributed by atoms with Crippen LogP contribution in [0.1, 0.15) is 16.7 Å². The van der Waals surface area contributed by atoms with Crippen molar-refractivity contribution >= 4 is 28.8 Å². The van der Waals surface area contributed by atoms with Gasteiger partial charge in [0.05, 0.1) is 22.5 Å². The monoisotopic (exact) mass is 577 g/mol. The molecule has 0 amide bonds. The fraction of sp³-hybridized carbons (Fsp3) is 0.0909. The highest BCUT2D eigenvalue weighted by Crippen LogP contribution is 2.51. The second-order valence-electron chi connectivity index (χ2n) is 9.71. The van der Waals surface area contributed by atoms with Gasteiger partial charge in [0.15, 0.2) is 0 Å². The van der Waals surface area contributed by atoms with E-state index < -0.39 is 23.5 Å². The molecule has 5 aromatic carbocycles. The smallest absolute Gasteiger partial charge is 0.308 e. The number of halogens is 6. The number of nitrogens with zero attached hydrogens (tertiary/aromatic N) is 1. The second kappa shape index (κ2) is 10.0. The van der Waals surface area contributed by atoms with Crippen molar-refractivity contribution in [2.24, 2.45) is 0 Å². The number of aryl methyl sites for hydroxylation is 1. The zero-order valence-electron chi connectivity index (χ0n) is 21.5. The van der Waals surface area contributed by atoms with Gasteiger partial charge in [-0.3, -0.25) is 0 Å². The highest BCUT2D eigenvalue weighted by atomic mass is 32.2. The molecule has 0 N–H and O–H groups in total. The Labute approximate surface area is 237 Å². The Bertz CT molecular complexity index is 1710. The van der Waals surface area contributed by atoms with Crippen molar-refractivity contribution in [3.63, 3.8) is 0 Å². The quantitative estimate of drug-likeness (QED) is 0.193. The molecule has 206 valence electrons. The fourth-order valence-electron chi connectivity index (χ4n) is 5.15. The van der Waals surface area contributed by atoms with Gasteiger partial charge in [0.1, 0.15) is 0 Å². The summed E-state index contributed by atoms with van der Waals surface area (Å²) in [6, 6.07) is 31.8. The van der Waals surface area contributed by atoms with Crippen LogP contribution in [0, 0.1) is 6.92 Å². The molecule has 1 aliphatic rings. The van der Waals surface area contributed by atoms with Crippen molar-refractivity contribution in [2.45, 2.75) is 29.1 Å². The average molecular weight is 578 g/mol. The first-order valence-corrected chi connectivity index (χ1v) is 13.5. The van der Waals surface area contributed by atoms with Gasteiger partial charge < -0.3 is 4.90 Å². The molecule has 0 aromatic heterocycles. The van der Waals surface area contributed by atoms with Gasteiger partial charge in [-0.1, -0.05) is 72.4 Å². The molecule has 41 heavy (non-hydrogen) atoms. The summed E-state index contributed by atoms with van der Waals surface area (Å²) >= 11 is 1.73. The van der Waals surface area contributed by atoms with Gasteiger partial charge in [-0.2, -0.15) is 26.3 Å². The first-order valence-electron chi connectivity index (χ1n) is 12.7. The number of hydrogen-bond acceptors (Lipinski definition) is 2. The summed E-state index contributed by atoms with van der Waals surface area (Å²) in [5.41, 5.74) is 2.66. The van der Waals surface area contributed by atoms with Crippen LogP contribution in [-0.4, -0.2) is 0 Å². The lowest BCUT2D eigenvalue weighted by atomic mass is 9.93. The van der Waals surface area contributed by atoms with E-state index in [0.717, 1.165) is 44.0 Å². The van der Waals surface area contributed by atoms with E-state index in [2.05, 4.69) is 29.2 Å². The van der Waals surface area contributed by atoms with E-state index in [4.69, 9.17) is 0 Å². The summed E-state index contributed by atoms with van der Waals surface area (Å²) in [5, 5.41) is 0. The summed E-state index contributed by atoms with van der Waals surface area (Å²) in [7, 11) is 0. The van der Waals surface area contributed by atoms with Crippen LogP contribution in [0.5, 0.6) is 0 Å². The van der Waals surface area contributed by atoms with Crippen molar-refractivity contribution in [1.82, 2.24) is 0 Å². The molecular weight excluding hydrogens is 556 g/mol. The van der Waals surface area contributed by atoms with Gasteiger partial charge in [0.2, 0.25) is 0 Å². The van der Waals surface area contributed by atoms with E-state index in [1.165, 1.54) is 0 Å². The molecule has 0 atom stereocenters. The first kappa shape index (κ1) is 27.0. The van der Waals surface area contributed by atoms with E-state index in [0.29, 0.717) is 23.3 Å². The Morgan fingerprint density at radius 1 is 0.537 bits per heavy atom. The maximum absolute atomic E-state index is 13.5. The van der Waals surface area contributed by atoms with Crippen LogP contribution >= 0.6 is 11.8 Å². The number of anilines is 3. The molecule has 0 bridgehead atoms. The number of benzene rings is 5. The molecule has 0 radical (unpaired) electrons. The van der Waals surface area contributed by atoms with Gasteiger partial charge in [0.25, 0.3) is 0 Å². The number of para-hydroxylation sites is 2. The Kier molecular flexibility index (Phi) is 6.61. The molecule has 0 saturated carbocycles. The van der Waals surface area contributed by atoms with Gasteiger partial charge in [-0.05, 0) is 83.3 Å². The highest BCUT2D eigenvalue weighted by Gasteiger charge is 2.43. The third kappa shape index (κ3) is 5.08. The maximum Gasteiger partial charge on any atom is 0.417 e. The Morgan fingerprint density at radius 2 is 1.07 bits per heavy atom. The minimum atomic E-state index is -5.13. The molecule has 1 nitrogen and oxygen atoms in total. The SMILES string of the molecule is Cc1cc(-c2ccc(N3c4ccccc4Sc4ccccc43)cc2)ccc1-c1ccc(C(F)(F)F)c(C(F)(F)F)c1. The molecule has 0 unspecified atom stereocenters. The summed E-state index contributed by atoms with van der Waals surface area (Å²) in [6.45, 7) is 1.73. The Morgan fingerprint density at radius 3 is 1.63 bits per heavy atom. The standard InChI is InChI=1S/C33H21F6NS/c1-20-18-22(12-16-25(20)23-13-17-26(32(34,35)36)27(19-23)33(37,38)39)21-10-14-24(15-11-21)40-28-6-2-4-8-30(28)41-31-9-5-3-7-29(31)40/h2-19H,1H3. The molecular formula is C33H21F6NS. The van der Waals surface area contributed by atoms with Gasteiger partial charge in [-0.15, -0.1) is 0 Å². The maximum atomic E-state index is 13.5. The van der Waals surface area contributed by atoms with E-state index in [1.807, 2.05) is 54.6 Å². The molecule has 8 heteroatoms. The minimum Gasteiger partial charge on any atom is -0.308 e. The van der Waals surface area contributed by atoms with Crippen molar-refractivity contribution in [3.05, 3.63) is 126 Å². The molecule has 1 heterocycles. The zero-order valence-corrected chi connectivity index (χ0v) is 22.3. The molecule has 0 saturated heterocycles. The Hall–Kier alpha value is -4.17. The predicted octanol–water partition coefficient (Wildman–Crippen LogP) is 11.3. The van der Waals surface area contributed by atoms with Crippen LogP contribution in [0.2, 0.25) is 0 Å². The summed E-state index contributed by atoms with van der Waals surface area (Å²) in [6.07, 6.45) is -10.2. The normalized spacial score (nSPS) is 13.1. The third-order valence-electron chi connectivity index (χ3n) is 7.06. The van der Waals surface area contributed by atoms with E-state index in [-0.39, 0.29) is 5.56 Å².